The fraction of sp³-hybridized carbons (Fsp3) is 0.267. The van der Waals surface area contributed by atoms with Gasteiger partial charge < -0.3 is 16.2 Å². The quantitative estimate of drug-likeness (QED) is 0.862. The first-order valence-corrected chi connectivity index (χ1v) is 6.39. The van der Waals surface area contributed by atoms with Crippen molar-refractivity contribution in [1.82, 2.24) is 4.98 Å². The van der Waals surface area contributed by atoms with E-state index in [1.807, 2.05) is 43.3 Å². The van der Waals surface area contributed by atoms with E-state index in [0.717, 1.165) is 16.9 Å². The Hall–Kier alpha value is -2.07. The molecule has 1 aromatic heterocycles. The molecular weight excluding hydrogens is 238 g/mol. The van der Waals surface area contributed by atoms with Crippen LogP contribution in [0.15, 0.2) is 42.6 Å². The number of nitrogen functional groups attached to an aromatic ring is 1. The summed E-state index contributed by atoms with van der Waals surface area (Å²) in [4.78, 5) is 4.08. The third-order valence-electron chi connectivity index (χ3n) is 2.98. The molecule has 2 aromatic rings. The van der Waals surface area contributed by atoms with Crippen LogP contribution in [0.4, 0.5) is 5.82 Å². The van der Waals surface area contributed by atoms with Crippen molar-refractivity contribution in [3.63, 3.8) is 0 Å². The molecule has 1 unspecified atom stereocenters. The lowest BCUT2D eigenvalue weighted by molar-refractivity contribution is 0.334. The second-order valence-electron chi connectivity index (χ2n) is 4.33. The van der Waals surface area contributed by atoms with E-state index in [2.05, 4.69) is 4.98 Å². The van der Waals surface area contributed by atoms with E-state index in [1.54, 1.807) is 6.20 Å². The predicted molar refractivity (Wildman–Crippen MR) is 76.9 cm³/mol. The maximum Gasteiger partial charge on any atom is 0.126 e. The van der Waals surface area contributed by atoms with Crippen molar-refractivity contribution < 1.29 is 4.74 Å². The van der Waals surface area contributed by atoms with Gasteiger partial charge in [-0.1, -0.05) is 24.3 Å². The minimum Gasteiger partial charge on any atom is -0.494 e. The number of benzene rings is 1. The molecule has 0 fully saturated rings. The molecule has 0 aliphatic rings. The second kappa shape index (κ2) is 6.20. The molecule has 100 valence electrons. The fourth-order valence-electron chi connectivity index (χ4n) is 2.04. The van der Waals surface area contributed by atoms with Crippen LogP contribution in [0, 0.1) is 0 Å². The topological polar surface area (TPSA) is 74.2 Å². The van der Waals surface area contributed by atoms with Crippen LogP contribution in [-0.2, 0) is 6.42 Å². The van der Waals surface area contributed by atoms with Crippen molar-refractivity contribution in [2.24, 2.45) is 5.73 Å². The number of pyridine rings is 1. The van der Waals surface area contributed by atoms with Crippen LogP contribution < -0.4 is 16.2 Å². The summed E-state index contributed by atoms with van der Waals surface area (Å²) < 4.78 is 5.60. The highest BCUT2D eigenvalue weighted by molar-refractivity contribution is 5.42. The van der Waals surface area contributed by atoms with Gasteiger partial charge in [-0.05, 0) is 31.0 Å². The van der Waals surface area contributed by atoms with Gasteiger partial charge in [-0.25, -0.2) is 4.98 Å². The van der Waals surface area contributed by atoms with Gasteiger partial charge in [-0.15, -0.1) is 0 Å². The highest BCUT2D eigenvalue weighted by Crippen LogP contribution is 2.26. The Morgan fingerprint density at radius 3 is 2.74 bits per heavy atom. The van der Waals surface area contributed by atoms with Crippen LogP contribution in [0.1, 0.15) is 24.1 Å². The van der Waals surface area contributed by atoms with Crippen LogP contribution in [0.2, 0.25) is 0 Å². The molecule has 2 rings (SSSR count). The number of nitrogens with zero attached hydrogens (tertiary/aromatic N) is 1. The lowest BCUT2D eigenvalue weighted by Crippen LogP contribution is -2.16. The zero-order valence-electron chi connectivity index (χ0n) is 11.0. The molecule has 1 aromatic carbocycles. The molecule has 0 bridgehead atoms. The molecule has 0 radical (unpaired) electrons. The first-order chi connectivity index (χ1) is 9.22. The molecular formula is C15H19N3O. The summed E-state index contributed by atoms with van der Waals surface area (Å²) in [5, 5.41) is 0. The van der Waals surface area contributed by atoms with Gasteiger partial charge in [0.1, 0.15) is 11.6 Å². The second-order valence-corrected chi connectivity index (χ2v) is 4.33. The third-order valence-corrected chi connectivity index (χ3v) is 2.98. The Bertz CT molecular complexity index is 542. The number of ether oxygens (including phenoxy) is 1. The van der Waals surface area contributed by atoms with E-state index in [1.165, 1.54) is 0 Å². The Morgan fingerprint density at radius 1 is 1.21 bits per heavy atom. The van der Waals surface area contributed by atoms with Gasteiger partial charge in [-0.2, -0.15) is 0 Å². The van der Waals surface area contributed by atoms with Gasteiger partial charge in [0.25, 0.3) is 0 Å². The molecule has 0 aliphatic heterocycles. The zero-order chi connectivity index (χ0) is 13.7. The average Bonchev–Trinajstić information content (AvgIpc) is 2.42. The normalized spacial score (nSPS) is 12.1. The standard InChI is InChI=1S/C15H19N3O/c1-2-19-14-8-4-3-7-12(14)13(16)10-11-6-5-9-18-15(11)17/h3-9,13H,2,10,16H2,1H3,(H2,17,18). The summed E-state index contributed by atoms with van der Waals surface area (Å²) in [6.45, 7) is 2.58. The SMILES string of the molecule is CCOc1ccccc1C(N)Cc1cccnc1N. The molecule has 0 saturated heterocycles. The van der Waals surface area contributed by atoms with E-state index in [0.29, 0.717) is 18.8 Å². The molecule has 0 aliphatic carbocycles. The Labute approximate surface area is 113 Å². The molecule has 4 heteroatoms. The lowest BCUT2D eigenvalue weighted by atomic mass is 9.99. The molecule has 4 nitrogen and oxygen atoms in total. The lowest BCUT2D eigenvalue weighted by Gasteiger charge is -2.17. The van der Waals surface area contributed by atoms with Crippen LogP contribution in [0.5, 0.6) is 5.75 Å². The van der Waals surface area contributed by atoms with Gasteiger partial charge in [0, 0.05) is 17.8 Å². The maximum atomic E-state index is 6.26. The van der Waals surface area contributed by atoms with Crippen LogP contribution in [0.25, 0.3) is 0 Å². The molecule has 4 N–H and O–H groups in total. The molecule has 1 atom stereocenters. The van der Waals surface area contributed by atoms with Crippen LogP contribution >= 0.6 is 0 Å². The first kappa shape index (κ1) is 13.4. The van der Waals surface area contributed by atoms with Crippen LogP contribution in [-0.4, -0.2) is 11.6 Å². The maximum absolute atomic E-state index is 6.26. The molecule has 0 saturated carbocycles. The molecule has 0 amide bonds. The highest BCUT2D eigenvalue weighted by Gasteiger charge is 2.13. The number of hydrogen-bond donors (Lipinski definition) is 2. The number of hydrogen-bond acceptors (Lipinski definition) is 4. The van der Waals surface area contributed by atoms with E-state index >= 15 is 0 Å². The number of anilines is 1. The molecule has 0 spiro atoms. The van der Waals surface area contributed by atoms with Crippen LogP contribution in [0.3, 0.4) is 0 Å². The highest BCUT2D eigenvalue weighted by atomic mass is 16.5. The van der Waals surface area contributed by atoms with Crippen molar-refractivity contribution in [3.8, 4) is 5.75 Å². The number of para-hydroxylation sites is 1. The van der Waals surface area contributed by atoms with Gasteiger partial charge in [0.2, 0.25) is 0 Å². The average molecular weight is 257 g/mol. The fourth-order valence-corrected chi connectivity index (χ4v) is 2.04. The van der Waals surface area contributed by atoms with Crippen molar-refractivity contribution in [1.29, 1.82) is 0 Å². The number of rotatable bonds is 5. The van der Waals surface area contributed by atoms with E-state index in [-0.39, 0.29) is 6.04 Å². The molecule has 1 heterocycles. The van der Waals surface area contributed by atoms with Gasteiger partial charge in [0.05, 0.1) is 6.61 Å². The summed E-state index contributed by atoms with van der Waals surface area (Å²) in [7, 11) is 0. The minimum absolute atomic E-state index is 0.158. The smallest absolute Gasteiger partial charge is 0.126 e. The van der Waals surface area contributed by atoms with E-state index in [9.17, 15) is 0 Å². The number of aromatic nitrogens is 1. The Kier molecular flexibility index (Phi) is 4.36. The van der Waals surface area contributed by atoms with E-state index in [4.69, 9.17) is 16.2 Å². The van der Waals surface area contributed by atoms with Crippen molar-refractivity contribution in [2.75, 3.05) is 12.3 Å². The predicted octanol–water partition coefficient (Wildman–Crippen LogP) is 2.30. The third kappa shape index (κ3) is 3.23. The van der Waals surface area contributed by atoms with E-state index < -0.39 is 0 Å². The summed E-state index contributed by atoms with van der Waals surface area (Å²) in [6, 6.07) is 11.5. The summed E-state index contributed by atoms with van der Waals surface area (Å²) >= 11 is 0. The summed E-state index contributed by atoms with van der Waals surface area (Å²) in [5.41, 5.74) is 14.1. The Morgan fingerprint density at radius 2 is 2.00 bits per heavy atom. The first-order valence-electron chi connectivity index (χ1n) is 6.39. The summed E-state index contributed by atoms with van der Waals surface area (Å²) in [5.74, 6) is 1.37. The number of nitrogens with two attached hydrogens (primary N) is 2. The van der Waals surface area contributed by atoms with Gasteiger partial charge in [-0.3, -0.25) is 0 Å². The van der Waals surface area contributed by atoms with Crippen molar-refractivity contribution >= 4 is 5.82 Å². The summed E-state index contributed by atoms with van der Waals surface area (Å²) in [6.07, 6.45) is 2.32. The largest absolute Gasteiger partial charge is 0.494 e. The molecule has 19 heavy (non-hydrogen) atoms. The zero-order valence-corrected chi connectivity index (χ0v) is 11.0. The van der Waals surface area contributed by atoms with Gasteiger partial charge >= 0.3 is 0 Å². The minimum atomic E-state index is -0.158. The Balaban J connectivity index is 2.20. The monoisotopic (exact) mass is 257 g/mol. The van der Waals surface area contributed by atoms with Crippen molar-refractivity contribution in [2.45, 2.75) is 19.4 Å². The van der Waals surface area contributed by atoms with Crippen molar-refractivity contribution in [3.05, 3.63) is 53.7 Å². The van der Waals surface area contributed by atoms with Gasteiger partial charge in [0.15, 0.2) is 0 Å².